The Morgan fingerprint density at radius 1 is 1.03 bits per heavy atom. The maximum absolute atomic E-state index is 13.1. The molecule has 0 fully saturated rings. The van der Waals surface area contributed by atoms with Crippen molar-refractivity contribution in [2.24, 2.45) is 11.0 Å². The van der Waals surface area contributed by atoms with E-state index in [1.54, 1.807) is 32.1 Å². The van der Waals surface area contributed by atoms with Crippen LogP contribution in [0.4, 0.5) is 11.4 Å². The van der Waals surface area contributed by atoms with Gasteiger partial charge in [0.15, 0.2) is 12.0 Å². The molecule has 10 heteroatoms. The number of carbonyl (C=O) groups is 3. The van der Waals surface area contributed by atoms with Gasteiger partial charge in [-0.3, -0.25) is 9.59 Å². The number of carboxylic acids is 1. The molecule has 0 saturated carbocycles. The summed E-state index contributed by atoms with van der Waals surface area (Å²) in [5, 5.41) is 37.3. The second-order valence-electron chi connectivity index (χ2n) is 7.65. The lowest BCUT2D eigenvalue weighted by Crippen LogP contribution is -2.81. The standard InChI is InChI=1S/C23H20N4O6/c1-12-18(20(28)26(24-12)16-7-3-14(4-8-16)22(30)31)11-19-13(2)25-27(21(19)29)17-9-5-15(6-10-17)23(32)33/h3-11,18,23,32-33H,1-2H3,(H,30,31)/p+1. The normalized spacial score (nSPS) is 19.5. The van der Waals surface area contributed by atoms with E-state index < -0.39 is 24.1 Å². The van der Waals surface area contributed by atoms with Gasteiger partial charge in [-0.1, -0.05) is 17.1 Å². The second kappa shape index (κ2) is 8.41. The molecule has 2 heterocycles. The molecule has 4 N–H and O–H groups in total. The van der Waals surface area contributed by atoms with Crippen LogP contribution in [0, 0.1) is 5.92 Å². The van der Waals surface area contributed by atoms with Crippen LogP contribution in [-0.2, 0) is 9.59 Å². The minimum atomic E-state index is -1.61. The predicted molar refractivity (Wildman–Crippen MR) is 118 cm³/mol. The van der Waals surface area contributed by atoms with E-state index in [1.807, 2.05) is 0 Å². The van der Waals surface area contributed by atoms with Gasteiger partial charge in [0.2, 0.25) is 0 Å². The van der Waals surface area contributed by atoms with Gasteiger partial charge < -0.3 is 15.3 Å². The number of hydrogen-bond acceptors (Lipinski definition) is 6. The average molecular weight is 449 g/mol. The second-order valence-corrected chi connectivity index (χ2v) is 7.65. The molecule has 0 bridgehead atoms. The predicted octanol–water partition coefficient (Wildman–Crippen LogP) is 0.136. The summed E-state index contributed by atoms with van der Waals surface area (Å²) in [6.07, 6.45) is -0.0553. The molecule has 0 aromatic heterocycles. The molecule has 2 aliphatic rings. The Hall–Kier alpha value is -4.15. The first-order valence-corrected chi connectivity index (χ1v) is 10.0. The van der Waals surface area contributed by atoms with Gasteiger partial charge in [-0.05, 0) is 49.4 Å². The van der Waals surface area contributed by atoms with Crippen LogP contribution in [0.2, 0.25) is 0 Å². The highest BCUT2D eigenvalue weighted by atomic mass is 16.5. The van der Waals surface area contributed by atoms with Crippen molar-refractivity contribution in [1.82, 2.24) is 0 Å². The van der Waals surface area contributed by atoms with Crippen LogP contribution < -0.4 is 15.1 Å². The molecule has 2 aromatic rings. The van der Waals surface area contributed by atoms with E-state index in [9.17, 15) is 24.6 Å². The van der Waals surface area contributed by atoms with Crippen LogP contribution in [0.3, 0.4) is 0 Å². The number of amides is 2. The summed E-state index contributed by atoms with van der Waals surface area (Å²) in [6, 6.07) is 11.9. The fourth-order valence-electron chi connectivity index (χ4n) is 3.61. The summed E-state index contributed by atoms with van der Waals surface area (Å²) in [5.41, 5.74) is 2.64. The van der Waals surface area contributed by atoms with Crippen molar-refractivity contribution in [1.29, 1.82) is 0 Å². The SMILES string of the molecule is CC1=NN(c2ccc(C(O)O)cc2)C(=O)C1=CC1C(=O)N(c2ccc(C(=O)O)cc2)[NH+]=C1C. The minimum absolute atomic E-state index is 0.106. The summed E-state index contributed by atoms with van der Waals surface area (Å²) in [5.74, 6) is -2.51. The van der Waals surface area contributed by atoms with E-state index >= 15 is 0 Å². The number of aliphatic hydroxyl groups is 2. The molecule has 2 amide bonds. The summed E-state index contributed by atoms with van der Waals surface area (Å²) in [6.45, 7) is 3.40. The van der Waals surface area contributed by atoms with Gasteiger partial charge in [0.05, 0.1) is 22.5 Å². The van der Waals surface area contributed by atoms with Crippen molar-refractivity contribution < 1.29 is 34.8 Å². The molecule has 1 unspecified atom stereocenters. The summed E-state index contributed by atoms with van der Waals surface area (Å²) >= 11 is 0. The zero-order valence-electron chi connectivity index (χ0n) is 17.8. The summed E-state index contributed by atoms with van der Waals surface area (Å²) in [4.78, 5) is 37.1. The number of nitrogens with one attached hydrogen (secondary N) is 1. The van der Waals surface area contributed by atoms with E-state index in [4.69, 9.17) is 5.11 Å². The number of aromatic carboxylic acids is 1. The van der Waals surface area contributed by atoms with Crippen molar-refractivity contribution in [3.05, 3.63) is 71.3 Å². The number of carbonyl (C=O) groups excluding carboxylic acids is 2. The molecule has 0 saturated heterocycles. The molecule has 4 rings (SSSR count). The molecule has 1 atom stereocenters. The third-order valence-corrected chi connectivity index (χ3v) is 5.45. The van der Waals surface area contributed by atoms with Crippen LogP contribution >= 0.6 is 0 Å². The molecule has 0 radical (unpaired) electrons. The quantitative estimate of drug-likeness (QED) is 0.377. The van der Waals surface area contributed by atoms with Crippen LogP contribution in [0.15, 0.2) is 65.3 Å². The van der Waals surface area contributed by atoms with E-state index in [1.165, 1.54) is 46.4 Å². The van der Waals surface area contributed by atoms with E-state index in [0.717, 1.165) is 0 Å². The smallest absolute Gasteiger partial charge is 0.335 e. The highest BCUT2D eigenvalue weighted by molar-refractivity contribution is 6.30. The Balaban J connectivity index is 1.57. The van der Waals surface area contributed by atoms with Gasteiger partial charge in [-0.2, -0.15) is 10.1 Å². The van der Waals surface area contributed by atoms with Crippen LogP contribution in [0.25, 0.3) is 0 Å². The lowest BCUT2D eigenvalue weighted by atomic mass is 9.98. The largest absolute Gasteiger partial charge is 0.478 e. The highest BCUT2D eigenvalue weighted by Crippen LogP contribution is 2.27. The van der Waals surface area contributed by atoms with Crippen molar-refractivity contribution in [2.75, 3.05) is 10.0 Å². The van der Waals surface area contributed by atoms with Gasteiger partial charge in [0.1, 0.15) is 11.6 Å². The third kappa shape index (κ3) is 4.04. The first-order valence-electron chi connectivity index (χ1n) is 10.0. The van der Waals surface area contributed by atoms with Gasteiger partial charge >= 0.3 is 5.97 Å². The number of hydrazone groups is 2. The number of hydrogen-bond donors (Lipinski definition) is 4. The van der Waals surface area contributed by atoms with Gasteiger partial charge in [0.25, 0.3) is 11.8 Å². The summed E-state index contributed by atoms with van der Waals surface area (Å²) in [7, 11) is 0. The molecule has 2 aromatic carbocycles. The monoisotopic (exact) mass is 449 g/mol. The first kappa shape index (κ1) is 22.1. The van der Waals surface area contributed by atoms with E-state index in [0.29, 0.717) is 22.8 Å². The van der Waals surface area contributed by atoms with Crippen LogP contribution in [0.1, 0.15) is 36.1 Å². The molecular formula is C23H21N4O6+. The van der Waals surface area contributed by atoms with E-state index in [-0.39, 0.29) is 22.6 Å². The Labute approximate surface area is 188 Å². The fourth-order valence-corrected chi connectivity index (χ4v) is 3.61. The van der Waals surface area contributed by atoms with Crippen LogP contribution in [-0.4, -0.2) is 44.5 Å². The fraction of sp³-hybridized carbons (Fsp3) is 0.174. The molecule has 0 spiro atoms. The number of hydrazine groups is 1. The maximum Gasteiger partial charge on any atom is 0.335 e. The zero-order valence-corrected chi connectivity index (χ0v) is 17.8. The summed E-state index contributed by atoms with van der Waals surface area (Å²) < 4.78 is 0. The Morgan fingerprint density at radius 3 is 2.21 bits per heavy atom. The van der Waals surface area contributed by atoms with Crippen LogP contribution in [0.5, 0.6) is 0 Å². The molecule has 33 heavy (non-hydrogen) atoms. The van der Waals surface area contributed by atoms with Crippen molar-refractivity contribution >= 4 is 40.6 Å². The Morgan fingerprint density at radius 2 is 1.64 bits per heavy atom. The molecule has 168 valence electrons. The van der Waals surface area contributed by atoms with Crippen molar-refractivity contribution in [3.8, 4) is 0 Å². The molecule has 2 aliphatic heterocycles. The highest BCUT2D eigenvalue weighted by Gasteiger charge is 2.41. The number of anilines is 2. The van der Waals surface area contributed by atoms with Crippen molar-refractivity contribution in [2.45, 2.75) is 20.1 Å². The van der Waals surface area contributed by atoms with Gasteiger partial charge in [0, 0.05) is 12.5 Å². The van der Waals surface area contributed by atoms with Crippen molar-refractivity contribution in [3.63, 3.8) is 0 Å². The van der Waals surface area contributed by atoms with Gasteiger partial charge in [-0.25, -0.2) is 4.79 Å². The number of rotatable bonds is 5. The average Bonchev–Trinajstić information content (AvgIpc) is 3.24. The minimum Gasteiger partial charge on any atom is -0.478 e. The lowest BCUT2D eigenvalue weighted by Gasteiger charge is -2.13. The topological polar surface area (TPSA) is 145 Å². The zero-order chi connectivity index (χ0) is 23.9. The number of benzene rings is 2. The first-order chi connectivity index (χ1) is 15.7. The lowest BCUT2D eigenvalue weighted by molar-refractivity contribution is -0.455. The van der Waals surface area contributed by atoms with Gasteiger partial charge in [-0.15, -0.1) is 5.10 Å². The number of aliphatic hydroxyl groups excluding tert-OH is 1. The molecular weight excluding hydrogens is 428 g/mol. The van der Waals surface area contributed by atoms with E-state index in [2.05, 4.69) is 10.2 Å². The third-order valence-electron chi connectivity index (χ3n) is 5.45. The Bertz CT molecular complexity index is 1230. The number of nitrogens with zero attached hydrogens (tertiary/aromatic N) is 3. The molecule has 0 aliphatic carbocycles. The maximum atomic E-state index is 13.1. The Kier molecular flexibility index (Phi) is 5.62. The molecule has 10 nitrogen and oxygen atoms in total. The number of carboxylic acid groups (broad SMARTS) is 1.